The Balaban J connectivity index is 1.90. The van der Waals surface area contributed by atoms with E-state index in [0.717, 1.165) is 9.87 Å². The SMILES string of the molecule is CC(=O)OCc1ccc(S(=O)(=O)N[C@@H](Cc2ccccc2)[C@H](O)CN(CC(C)C)S(=O)(=O)c2ccc(/C=N/O)cc2)cc1. The van der Waals surface area contributed by atoms with Crippen molar-refractivity contribution in [2.45, 2.75) is 55.7 Å². The molecular formula is C30H37N3O8S2. The second-order valence-electron chi connectivity index (χ2n) is 10.4. The highest BCUT2D eigenvalue weighted by atomic mass is 32.2. The Hall–Kier alpha value is -3.62. The van der Waals surface area contributed by atoms with Crippen molar-refractivity contribution in [2.75, 3.05) is 13.1 Å². The van der Waals surface area contributed by atoms with E-state index in [9.17, 15) is 26.7 Å². The van der Waals surface area contributed by atoms with Crippen LogP contribution in [0.15, 0.2) is 93.8 Å². The fraction of sp³-hybridized carbons (Fsp3) is 0.333. The number of rotatable bonds is 15. The summed E-state index contributed by atoms with van der Waals surface area (Å²) in [6, 6.07) is 19.4. The number of ether oxygens (including phenoxy) is 1. The van der Waals surface area contributed by atoms with E-state index in [4.69, 9.17) is 9.94 Å². The number of aliphatic hydroxyl groups is 1. The van der Waals surface area contributed by atoms with Gasteiger partial charge in [0, 0.05) is 20.0 Å². The Morgan fingerprint density at radius 3 is 2.07 bits per heavy atom. The summed E-state index contributed by atoms with van der Waals surface area (Å²) >= 11 is 0. The minimum atomic E-state index is -4.15. The fourth-order valence-corrected chi connectivity index (χ4v) is 7.19. The van der Waals surface area contributed by atoms with Crippen LogP contribution in [0, 0.1) is 5.92 Å². The third kappa shape index (κ3) is 9.97. The van der Waals surface area contributed by atoms with Crippen molar-refractivity contribution in [3.63, 3.8) is 0 Å². The molecule has 0 radical (unpaired) electrons. The number of sulfonamides is 2. The molecule has 0 aliphatic carbocycles. The second kappa shape index (κ2) is 15.2. The molecule has 3 N–H and O–H groups in total. The van der Waals surface area contributed by atoms with E-state index in [0.29, 0.717) is 11.1 Å². The second-order valence-corrected chi connectivity index (χ2v) is 14.1. The number of benzene rings is 3. The van der Waals surface area contributed by atoms with E-state index in [2.05, 4.69) is 9.88 Å². The third-order valence-electron chi connectivity index (χ3n) is 6.43. The van der Waals surface area contributed by atoms with Gasteiger partial charge in [0.05, 0.1) is 28.2 Å². The molecule has 0 amide bonds. The predicted molar refractivity (Wildman–Crippen MR) is 162 cm³/mol. The van der Waals surface area contributed by atoms with Gasteiger partial charge >= 0.3 is 5.97 Å². The van der Waals surface area contributed by atoms with Gasteiger partial charge in [-0.25, -0.2) is 21.6 Å². The van der Waals surface area contributed by atoms with Gasteiger partial charge in [0.1, 0.15) is 6.61 Å². The number of carbonyl (C=O) groups excluding carboxylic acids is 1. The Kier molecular flexibility index (Phi) is 12.0. The number of oxime groups is 1. The van der Waals surface area contributed by atoms with Crippen LogP contribution >= 0.6 is 0 Å². The number of esters is 1. The maximum Gasteiger partial charge on any atom is 0.302 e. The lowest BCUT2D eigenvalue weighted by Crippen LogP contribution is -2.51. The molecular weight excluding hydrogens is 594 g/mol. The Morgan fingerprint density at radius 1 is 0.907 bits per heavy atom. The summed E-state index contributed by atoms with van der Waals surface area (Å²) < 4.78 is 62.8. The maximum absolute atomic E-state index is 13.6. The highest BCUT2D eigenvalue weighted by Crippen LogP contribution is 2.21. The van der Waals surface area contributed by atoms with Crippen LogP contribution in [0.3, 0.4) is 0 Å². The first kappa shape index (κ1) is 33.9. The molecule has 0 bridgehead atoms. The first-order valence-electron chi connectivity index (χ1n) is 13.6. The van der Waals surface area contributed by atoms with E-state index in [1.54, 1.807) is 24.3 Å². The minimum absolute atomic E-state index is 0.00362. The molecule has 2 atom stereocenters. The standard InChI is InChI=1S/C30H37N3O8S2/c1-22(2)19-33(43(39,40)28-15-9-25(10-16-28)18-31-36)20-30(35)29(17-24-7-5-4-6-8-24)32-42(37,38)27-13-11-26(12-14-27)21-41-23(3)34/h4-16,18,22,29-30,32,35-36H,17,19-21H2,1-3H3/b31-18+/t29-,30+/m0/s1. The van der Waals surface area contributed by atoms with E-state index in [1.165, 1.54) is 61.7 Å². The molecule has 0 saturated carbocycles. The van der Waals surface area contributed by atoms with Crippen LogP contribution < -0.4 is 4.72 Å². The number of hydrogen-bond acceptors (Lipinski definition) is 9. The van der Waals surface area contributed by atoms with Crippen LogP contribution in [0.25, 0.3) is 0 Å². The number of aliphatic hydroxyl groups excluding tert-OH is 1. The van der Waals surface area contributed by atoms with Gasteiger partial charge in [-0.2, -0.15) is 4.31 Å². The smallest absolute Gasteiger partial charge is 0.302 e. The van der Waals surface area contributed by atoms with Gasteiger partial charge < -0.3 is 15.1 Å². The van der Waals surface area contributed by atoms with E-state index in [1.807, 2.05) is 19.9 Å². The van der Waals surface area contributed by atoms with E-state index in [-0.39, 0.29) is 41.8 Å². The van der Waals surface area contributed by atoms with Crippen LogP contribution in [-0.2, 0) is 42.6 Å². The van der Waals surface area contributed by atoms with Crippen molar-refractivity contribution >= 4 is 32.2 Å². The van der Waals surface area contributed by atoms with Gasteiger partial charge in [0.25, 0.3) is 0 Å². The largest absolute Gasteiger partial charge is 0.461 e. The van der Waals surface area contributed by atoms with Gasteiger partial charge in [-0.05, 0) is 53.3 Å². The molecule has 3 aromatic rings. The summed E-state index contributed by atoms with van der Waals surface area (Å²) in [5, 5.41) is 23.1. The van der Waals surface area contributed by atoms with Crippen LogP contribution in [0.4, 0.5) is 0 Å². The van der Waals surface area contributed by atoms with Crippen molar-refractivity contribution in [2.24, 2.45) is 11.1 Å². The predicted octanol–water partition coefficient (Wildman–Crippen LogP) is 3.16. The Morgan fingerprint density at radius 2 is 1.51 bits per heavy atom. The number of carbonyl (C=O) groups is 1. The van der Waals surface area contributed by atoms with Gasteiger partial charge in [0.2, 0.25) is 20.0 Å². The van der Waals surface area contributed by atoms with Crippen molar-refractivity contribution in [1.82, 2.24) is 9.03 Å². The topological polar surface area (TPSA) is 163 Å². The Bertz CT molecular complexity index is 1580. The minimum Gasteiger partial charge on any atom is -0.461 e. The highest BCUT2D eigenvalue weighted by molar-refractivity contribution is 7.89. The quantitative estimate of drug-likeness (QED) is 0.0997. The summed E-state index contributed by atoms with van der Waals surface area (Å²) in [7, 11) is -8.24. The molecule has 0 heterocycles. The summed E-state index contributed by atoms with van der Waals surface area (Å²) in [5.74, 6) is -0.560. The van der Waals surface area contributed by atoms with Gasteiger partial charge in [-0.15, -0.1) is 0 Å². The lowest BCUT2D eigenvalue weighted by atomic mass is 10.0. The molecule has 11 nitrogen and oxygen atoms in total. The monoisotopic (exact) mass is 631 g/mol. The lowest BCUT2D eigenvalue weighted by Gasteiger charge is -2.30. The zero-order valence-corrected chi connectivity index (χ0v) is 25.8. The number of nitrogens with one attached hydrogen (secondary N) is 1. The first-order valence-corrected chi connectivity index (χ1v) is 16.5. The summed E-state index contributed by atoms with van der Waals surface area (Å²) in [5.41, 5.74) is 1.83. The summed E-state index contributed by atoms with van der Waals surface area (Å²) in [6.45, 7) is 4.65. The van der Waals surface area contributed by atoms with Crippen molar-refractivity contribution in [1.29, 1.82) is 0 Å². The van der Waals surface area contributed by atoms with Crippen LogP contribution in [0.2, 0.25) is 0 Å². The molecule has 13 heteroatoms. The maximum atomic E-state index is 13.6. The van der Waals surface area contributed by atoms with Crippen LogP contribution in [0.5, 0.6) is 0 Å². The molecule has 0 aliphatic rings. The first-order chi connectivity index (χ1) is 20.3. The zero-order valence-electron chi connectivity index (χ0n) is 24.2. The average Bonchev–Trinajstić information content (AvgIpc) is 2.96. The molecule has 3 rings (SSSR count). The van der Waals surface area contributed by atoms with Crippen molar-refractivity contribution < 1.29 is 36.7 Å². The Labute approximate surface area is 252 Å². The molecule has 0 fully saturated rings. The van der Waals surface area contributed by atoms with E-state index < -0.39 is 38.2 Å². The van der Waals surface area contributed by atoms with Crippen molar-refractivity contribution in [3.8, 4) is 0 Å². The van der Waals surface area contributed by atoms with E-state index >= 15 is 0 Å². The van der Waals surface area contributed by atoms with Gasteiger partial charge in [0.15, 0.2) is 0 Å². The molecule has 0 unspecified atom stereocenters. The lowest BCUT2D eigenvalue weighted by molar-refractivity contribution is -0.142. The molecule has 3 aromatic carbocycles. The molecule has 232 valence electrons. The van der Waals surface area contributed by atoms with Gasteiger partial charge in [-0.1, -0.05) is 73.6 Å². The fourth-order valence-electron chi connectivity index (χ4n) is 4.30. The number of nitrogens with zero attached hydrogens (tertiary/aromatic N) is 2. The average molecular weight is 632 g/mol. The molecule has 0 spiro atoms. The summed E-state index contributed by atoms with van der Waals surface area (Å²) in [4.78, 5) is 11.0. The molecule has 0 aromatic heterocycles. The van der Waals surface area contributed by atoms with Crippen LogP contribution in [0.1, 0.15) is 37.5 Å². The van der Waals surface area contributed by atoms with Gasteiger partial charge in [-0.3, -0.25) is 4.79 Å². The molecule has 0 aliphatic heterocycles. The molecule has 0 saturated heterocycles. The highest BCUT2D eigenvalue weighted by Gasteiger charge is 2.33. The molecule has 43 heavy (non-hydrogen) atoms. The third-order valence-corrected chi connectivity index (χ3v) is 9.78. The van der Waals surface area contributed by atoms with Crippen LogP contribution in [-0.4, -0.2) is 68.9 Å². The van der Waals surface area contributed by atoms with Crippen molar-refractivity contribution in [3.05, 3.63) is 95.6 Å². The summed E-state index contributed by atoms with van der Waals surface area (Å²) in [6.07, 6.45) is -0.163. The normalized spacial score (nSPS) is 13.8. The zero-order chi connectivity index (χ0) is 31.6. The number of hydrogen-bond donors (Lipinski definition) is 3.